The van der Waals surface area contributed by atoms with Crippen molar-refractivity contribution in [3.8, 4) is 11.4 Å². The minimum absolute atomic E-state index is 0.254. The zero-order chi connectivity index (χ0) is 15.4. The number of H-pyrrole nitrogens is 1. The summed E-state index contributed by atoms with van der Waals surface area (Å²) in [5.41, 5.74) is 1.63. The molecule has 0 saturated heterocycles. The lowest BCUT2D eigenvalue weighted by Crippen LogP contribution is -2.05. The van der Waals surface area contributed by atoms with Crippen molar-refractivity contribution in [2.75, 3.05) is 0 Å². The fourth-order valence-corrected chi connectivity index (χ4v) is 2.58. The smallest absolute Gasteiger partial charge is 0.347 e. The Labute approximate surface area is 127 Å². The SMILES string of the molecule is CCCCCCc1cccc2cc(-c3nn[nH]n3)c(=O)oc12. The molecular formula is C16H18N4O2. The molecule has 6 nitrogen and oxygen atoms in total. The van der Waals surface area contributed by atoms with Gasteiger partial charge in [-0.1, -0.05) is 44.4 Å². The molecule has 0 amide bonds. The lowest BCUT2D eigenvalue weighted by molar-refractivity contribution is 0.556. The standard InChI is InChI=1S/C16H18N4O2/c1-2-3-4-5-7-11-8-6-9-12-10-13(15-17-19-20-18-15)16(21)22-14(11)12/h6,8-10H,2-5,7H2,1H3,(H,17,18,19,20). The van der Waals surface area contributed by atoms with Crippen LogP contribution in [0.4, 0.5) is 0 Å². The van der Waals surface area contributed by atoms with E-state index in [-0.39, 0.29) is 5.82 Å². The predicted molar refractivity (Wildman–Crippen MR) is 83.5 cm³/mol. The molecular weight excluding hydrogens is 280 g/mol. The Morgan fingerprint density at radius 2 is 2.14 bits per heavy atom. The second-order valence-electron chi connectivity index (χ2n) is 5.33. The molecule has 1 N–H and O–H groups in total. The third kappa shape index (κ3) is 2.90. The zero-order valence-corrected chi connectivity index (χ0v) is 12.5. The molecule has 3 aromatic rings. The largest absolute Gasteiger partial charge is 0.422 e. The first kappa shape index (κ1) is 14.4. The third-order valence-electron chi connectivity index (χ3n) is 3.73. The van der Waals surface area contributed by atoms with Crippen molar-refractivity contribution in [3.05, 3.63) is 40.2 Å². The number of aromatic amines is 1. The van der Waals surface area contributed by atoms with Crippen LogP contribution in [0.5, 0.6) is 0 Å². The number of fused-ring (bicyclic) bond motifs is 1. The van der Waals surface area contributed by atoms with Crippen molar-refractivity contribution in [3.63, 3.8) is 0 Å². The second kappa shape index (κ2) is 6.51. The van der Waals surface area contributed by atoms with Gasteiger partial charge in [0.2, 0.25) is 5.82 Å². The summed E-state index contributed by atoms with van der Waals surface area (Å²) < 4.78 is 5.53. The summed E-state index contributed by atoms with van der Waals surface area (Å²) in [6.45, 7) is 2.19. The summed E-state index contributed by atoms with van der Waals surface area (Å²) in [4.78, 5) is 12.2. The molecule has 0 fully saturated rings. The van der Waals surface area contributed by atoms with Crippen molar-refractivity contribution in [2.45, 2.75) is 39.0 Å². The minimum atomic E-state index is -0.435. The van der Waals surface area contributed by atoms with Gasteiger partial charge >= 0.3 is 5.63 Å². The Balaban J connectivity index is 1.96. The monoisotopic (exact) mass is 298 g/mol. The van der Waals surface area contributed by atoms with Crippen LogP contribution in [-0.2, 0) is 6.42 Å². The topological polar surface area (TPSA) is 84.7 Å². The van der Waals surface area contributed by atoms with Crippen LogP contribution in [0.15, 0.2) is 33.5 Å². The molecule has 0 saturated carbocycles. The predicted octanol–water partition coefficient (Wildman–Crippen LogP) is 3.10. The number of hydrogen-bond acceptors (Lipinski definition) is 5. The molecule has 0 aliphatic carbocycles. The van der Waals surface area contributed by atoms with Gasteiger partial charge in [-0.05, 0) is 29.7 Å². The fraction of sp³-hybridized carbons (Fsp3) is 0.375. The number of nitrogens with zero attached hydrogens (tertiary/aromatic N) is 3. The van der Waals surface area contributed by atoms with Gasteiger partial charge in [0.1, 0.15) is 11.1 Å². The van der Waals surface area contributed by atoms with Crippen molar-refractivity contribution >= 4 is 11.0 Å². The summed E-state index contributed by atoms with van der Waals surface area (Å²) in [5.74, 6) is 0.254. The Morgan fingerprint density at radius 1 is 1.23 bits per heavy atom. The van der Waals surface area contributed by atoms with E-state index in [9.17, 15) is 4.79 Å². The van der Waals surface area contributed by atoms with Crippen LogP contribution in [0.3, 0.4) is 0 Å². The van der Waals surface area contributed by atoms with Gasteiger partial charge in [0.05, 0.1) is 0 Å². The number of aromatic nitrogens is 4. The van der Waals surface area contributed by atoms with E-state index in [4.69, 9.17) is 4.42 Å². The maximum atomic E-state index is 12.2. The fourth-order valence-electron chi connectivity index (χ4n) is 2.58. The van der Waals surface area contributed by atoms with Crippen LogP contribution in [0.25, 0.3) is 22.4 Å². The molecule has 0 atom stereocenters. The minimum Gasteiger partial charge on any atom is -0.422 e. The molecule has 3 rings (SSSR count). The van der Waals surface area contributed by atoms with Crippen LogP contribution in [0.1, 0.15) is 38.2 Å². The van der Waals surface area contributed by atoms with Crippen LogP contribution in [-0.4, -0.2) is 20.6 Å². The van der Waals surface area contributed by atoms with E-state index in [1.807, 2.05) is 18.2 Å². The zero-order valence-electron chi connectivity index (χ0n) is 12.5. The number of para-hydroxylation sites is 1. The molecule has 2 aromatic heterocycles. The number of tetrazole rings is 1. The van der Waals surface area contributed by atoms with Gasteiger partial charge in [-0.15, -0.1) is 10.2 Å². The van der Waals surface area contributed by atoms with Gasteiger partial charge in [0.25, 0.3) is 0 Å². The summed E-state index contributed by atoms with van der Waals surface area (Å²) in [6.07, 6.45) is 5.65. The quantitative estimate of drug-likeness (QED) is 0.558. The van der Waals surface area contributed by atoms with E-state index < -0.39 is 5.63 Å². The molecule has 0 spiro atoms. The number of benzene rings is 1. The van der Waals surface area contributed by atoms with Gasteiger partial charge in [-0.25, -0.2) is 4.79 Å². The van der Waals surface area contributed by atoms with Crippen LogP contribution in [0.2, 0.25) is 0 Å². The summed E-state index contributed by atoms with van der Waals surface area (Å²) in [6, 6.07) is 7.70. The van der Waals surface area contributed by atoms with Crippen molar-refractivity contribution in [2.24, 2.45) is 0 Å². The second-order valence-corrected chi connectivity index (χ2v) is 5.33. The summed E-state index contributed by atoms with van der Waals surface area (Å²) in [7, 11) is 0. The van der Waals surface area contributed by atoms with Crippen molar-refractivity contribution in [1.29, 1.82) is 0 Å². The molecule has 2 heterocycles. The maximum absolute atomic E-state index is 12.2. The normalized spacial score (nSPS) is 11.1. The molecule has 0 aliphatic rings. The van der Waals surface area contributed by atoms with Gasteiger partial charge in [0.15, 0.2) is 0 Å². The number of aryl methyl sites for hydroxylation is 1. The Hall–Kier alpha value is -2.50. The highest BCUT2D eigenvalue weighted by molar-refractivity contribution is 5.83. The number of rotatable bonds is 6. The average Bonchev–Trinajstić information content (AvgIpc) is 3.05. The van der Waals surface area contributed by atoms with Crippen LogP contribution in [0, 0.1) is 0 Å². The molecule has 114 valence electrons. The van der Waals surface area contributed by atoms with Gasteiger partial charge in [0, 0.05) is 5.39 Å². The summed E-state index contributed by atoms with van der Waals surface area (Å²) in [5, 5.41) is 14.4. The molecule has 1 aromatic carbocycles. The van der Waals surface area contributed by atoms with E-state index in [1.54, 1.807) is 6.07 Å². The van der Waals surface area contributed by atoms with E-state index in [0.717, 1.165) is 23.8 Å². The van der Waals surface area contributed by atoms with Crippen LogP contribution < -0.4 is 5.63 Å². The Kier molecular flexibility index (Phi) is 4.27. The van der Waals surface area contributed by atoms with E-state index in [0.29, 0.717) is 11.1 Å². The van der Waals surface area contributed by atoms with Gasteiger partial charge in [-0.2, -0.15) is 5.21 Å². The lowest BCUT2D eigenvalue weighted by atomic mass is 10.0. The van der Waals surface area contributed by atoms with E-state index >= 15 is 0 Å². The molecule has 0 radical (unpaired) electrons. The first-order chi connectivity index (χ1) is 10.8. The third-order valence-corrected chi connectivity index (χ3v) is 3.73. The highest BCUT2D eigenvalue weighted by Crippen LogP contribution is 2.22. The lowest BCUT2D eigenvalue weighted by Gasteiger charge is -2.06. The van der Waals surface area contributed by atoms with E-state index in [2.05, 4.69) is 27.5 Å². The molecule has 0 unspecified atom stereocenters. The van der Waals surface area contributed by atoms with E-state index in [1.165, 1.54) is 19.3 Å². The maximum Gasteiger partial charge on any atom is 0.347 e. The molecule has 0 aliphatic heterocycles. The molecule has 0 bridgehead atoms. The number of unbranched alkanes of at least 4 members (excludes halogenated alkanes) is 3. The van der Waals surface area contributed by atoms with Gasteiger partial charge < -0.3 is 4.42 Å². The highest BCUT2D eigenvalue weighted by atomic mass is 16.4. The van der Waals surface area contributed by atoms with Crippen molar-refractivity contribution in [1.82, 2.24) is 20.6 Å². The number of nitrogens with one attached hydrogen (secondary N) is 1. The Morgan fingerprint density at radius 3 is 2.91 bits per heavy atom. The number of hydrogen-bond donors (Lipinski definition) is 1. The highest BCUT2D eigenvalue weighted by Gasteiger charge is 2.13. The van der Waals surface area contributed by atoms with Crippen LogP contribution >= 0.6 is 0 Å². The first-order valence-electron chi connectivity index (χ1n) is 7.59. The summed E-state index contributed by atoms with van der Waals surface area (Å²) >= 11 is 0. The molecule has 22 heavy (non-hydrogen) atoms. The Bertz CT molecular complexity index is 809. The van der Waals surface area contributed by atoms with Gasteiger partial charge in [-0.3, -0.25) is 0 Å². The molecule has 6 heteroatoms. The van der Waals surface area contributed by atoms with Crippen molar-refractivity contribution < 1.29 is 4.42 Å². The average molecular weight is 298 g/mol. The first-order valence-corrected chi connectivity index (χ1v) is 7.59.